The molecule has 1 aromatic rings. The number of rotatable bonds is 3. The van der Waals surface area contributed by atoms with E-state index in [1.807, 2.05) is 18.2 Å². The van der Waals surface area contributed by atoms with Gasteiger partial charge in [0.15, 0.2) is 5.78 Å². The smallest absolute Gasteiger partial charge is 0.231 e. The molecule has 2 aliphatic rings. The fraction of sp³-hybridized carbons (Fsp3) is 0.467. The third kappa shape index (κ3) is 2.28. The minimum atomic E-state index is 0.0741. The molecule has 1 aromatic carbocycles. The van der Waals surface area contributed by atoms with E-state index >= 15 is 0 Å². The molecule has 0 bridgehead atoms. The number of amides is 1. The zero-order valence-electron chi connectivity index (χ0n) is 11.0. The van der Waals surface area contributed by atoms with Gasteiger partial charge in [0.2, 0.25) is 5.91 Å². The predicted molar refractivity (Wildman–Crippen MR) is 71.5 cm³/mol. The molecule has 0 spiro atoms. The third-order valence-electron chi connectivity index (χ3n) is 3.92. The zero-order chi connectivity index (χ0) is 13.4. The average molecular weight is 259 g/mol. The second-order valence-electron chi connectivity index (χ2n) is 5.24. The first-order chi connectivity index (χ1) is 9.15. The summed E-state index contributed by atoms with van der Waals surface area (Å²) in [7, 11) is 1.77. The van der Waals surface area contributed by atoms with Crippen LogP contribution in [0.15, 0.2) is 18.2 Å². The SMILES string of the molecule is CN1C(=O)Cc2cc(C(=O)CC3CCCO3)ccc21. The van der Waals surface area contributed by atoms with Gasteiger partial charge in [-0.1, -0.05) is 0 Å². The fourth-order valence-electron chi connectivity index (χ4n) is 2.77. The summed E-state index contributed by atoms with van der Waals surface area (Å²) in [4.78, 5) is 25.4. The van der Waals surface area contributed by atoms with Gasteiger partial charge in [-0.3, -0.25) is 9.59 Å². The first-order valence-electron chi connectivity index (χ1n) is 6.69. The Morgan fingerprint density at radius 2 is 2.32 bits per heavy atom. The summed E-state index contributed by atoms with van der Waals surface area (Å²) >= 11 is 0. The van der Waals surface area contributed by atoms with Crippen molar-refractivity contribution in [3.05, 3.63) is 29.3 Å². The van der Waals surface area contributed by atoms with E-state index in [0.717, 1.165) is 30.7 Å². The summed E-state index contributed by atoms with van der Waals surface area (Å²) in [5.41, 5.74) is 2.56. The molecule has 1 saturated heterocycles. The van der Waals surface area contributed by atoms with E-state index in [-0.39, 0.29) is 17.8 Å². The van der Waals surface area contributed by atoms with E-state index in [1.165, 1.54) is 0 Å². The molecule has 1 atom stereocenters. The monoisotopic (exact) mass is 259 g/mol. The number of carbonyl (C=O) groups excluding carboxylic acids is 2. The lowest BCUT2D eigenvalue weighted by Crippen LogP contribution is -2.20. The number of ether oxygens (including phenoxy) is 1. The molecule has 19 heavy (non-hydrogen) atoms. The molecule has 0 radical (unpaired) electrons. The van der Waals surface area contributed by atoms with E-state index in [9.17, 15) is 9.59 Å². The molecule has 1 amide bonds. The minimum Gasteiger partial charge on any atom is -0.378 e. The van der Waals surface area contributed by atoms with E-state index in [1.54, 1.807) is 11.9 Å². The van der Waals surface area contributed by atoms with Gasteiger partial charge in [0.25, 0.3) is 0 Å². The Bertz CT molecular complexity index is 532. The Labute approximate surface area is 112 Å². The van der Waals surface area contributed by atoms with Gasteiger partial charge in [-0.05, 0) is 36.6 Å². The van der Waals surface area contributed by atoms with Crippen LogP contribution in [0.2, 0.25) is 0 Å². The Balaban J connectivity index is 1.77. The maximum atomic E-state index is 12.2. The maximum absolute atomic E-state index is 12.2. The van der Waals surface area contributed by atoms with Crippen LogP contribution in [-0.2, 0) is 16.0 Å². The Morgan fingerprint density at radius 1 is 1.47 bits per heavy atom. The van der Waals surface area contributed by atoms with Crippen LogP contribution < -0.4 is 4.90 Å². The molecular weight excluding hydrogens is 242 g/mol. The predicted octanol–water partition coefficient (Wildman–Crippen LogP) is 1.96. The number of carbonyl (C=O) groups is 2. The quantitative estimate of drug-likeness (QED) is 0.779. The van der Waals surface area contributed by atoms with Crippen LogP contribution in [0.3, 0.4) is 0 Å². The van der Waals surface area contributed by atoms with Crippen molar-refractivity contribution >= 4 is 17.4 Å². The molecule has 0 aromatic heterocycles. The van der Waals surface area contributed by atoms with Crippen LogP contribution in [0.1, 0.15) is 35.2 Å². The molecular formula is C15H17NO3. The molecule has 1 unspecified atom stereocenters. The highest BCUT2D eigenvalue weighted by Crippen LogP contribution is 2.29. The van der Waals surface area contributed by atoms with Gasteiger partial charge in [0, 0.05) is 31.3 Å². The normalized spacial score (nSPS) is 21.8. The van der Waals surface area contributed by atoms with Crippen molar-refractivity contribution in [3.63, 3.8) is 0 Å². The third-order valence-corrected chi connectivity index (χ3v) is 3.92. The number of nitrogens with zero attached hydrogens (tertiary/aromatic N) is 1. The Morgan fingerprint density at radius 3 is 3.05 bits per heavy atom. The lowest BCUT2D eigenvalue weighted by Gasteiger charge is -2.11. The molecule has 4 heteroatoms. The minimum absolute atomic E-state index is 0.0741. The first kappa shape index (κ1) is 12.4. The topological polar surface area (TPSA) is 46.6 Å². The highest BCUT2D eigenvalue weighted by Gasteiger charge is 2.26. The molecule has 100 valence electrons. The van der Waals surface area contributed by atoms with Gasteiger partial charge >= 0.3 is 0 Å². The molecule has 0 saturated carbocycles. The van der Waals surface area contributed by atoms with Crippen LogP contribution in [0, 0.1) is 0 Å². The maximum Gasteiger partial charge on any atom is 0.231 e. The summed E-state index contributed by atoms with van der Waals surface area (Å²) in [5, 5.41) is 0. The van der Waals surface area contributed by atoms with Crippen molar-refractivity contribution < 1.29 is 14.3 Å². The van der Waals surface area contributed by atoms with Gasteiger partial charge in [-0.2, -0.15) is 0 Å². The van der Waals surface area contributed by atoms with Crippen molar-refractivity contribution in [3.8, 4) is 0 Å². The number of hydrogen-bond donors (Lipinski definition) is 0. The van der Waals surface area contributed by atoms with Gasteiger partial charge in [-0.15, -0.1) is 0 Å². The summed E-state index contributed by atoms with van der Waals surface area (Å²) in [6.07, 6.45) is 2.93. The van der Waals surface area contributed by atoms with Crippen molar-refractivity contribution in [2.24, 2.45) is 0 Å². The second kappa shape index (κ2) is 4.78. The van der Waals surface area contributed by atoms with Gasteiger partial charge in [0.05, 0.1) is 12.5 Å². The van der Waals surface area contributed by atoms with Crippen LogP contribution >= 0.6 is 0 Å². The lowest BCUT2D eigenvalue weighted by molar-refractivity contribution is -0.117. The highest BCUT2D eigenvalue weighted by atomic mass is 16.5. The first-order valence-corrected chi connectivity index (χ1v) is 6.69. The van der Waals surface area contributed by atoms with E-state index < -0.39 is 0 Å². The van der Waals surface area contributed by atoms with Crippen molar-refractivity contribution in [1.29, 1.82) is 0 Å². The number of hydrogen-bond acceptors (Lipinski definition) is 3. The Hall–Kier alpha value is -1.68. The summed E-state index contributed by atoms with van der Waals surface area (Å²) < 4.78 is 5.49. The molecule has 0 aliphatic carbocycles. The van der Waals surface area contributed by atoms with Crippen molar-refractivity contribution in [2.45, 2.75) is 31.8 Å². The largest absolute Gasteiger partial charge is 0.378 e. The number of anilines is 1. The van der Waals surface area contributed by atoms with Crippen molar-refractivity contribution in [1.82, 2.24) is 0 Å². The molecule has 2 heterocycles. The number of ketones is 1. The summed E-state index contributed by atoms with van der Waals surface area (Å²) in [6.45, 7) is 0.765. The molecule has 3 rings (SSSR count). The lowest BCUT2D eigenvalue weighted by atomic mass is 10.0. The van der Waals surface area contributed by atoms with Crippen LogP contribution in [-0.4, -0.2) is 31.4 Å². The fourth-order valence-corrected chi connectivity index (χ4v) is 2.77. The highest BCUT2D eigenvalue weighted by molar-refractivity contribution is 6.03. The zero-order valence-corrected chi connectivity index (χ0v) is 11.0. The Kier molecular flexibility index (Phi) is 3.11. The van der Waals surface area contributed by atoms with E-state index in [0.29, 0.717) is 18.4 Å². The van der Waals surface area contributed by atoms with Crippen LogP contribution in [0.25, 0.3) is 0 Å². The number of benzene rings is 1. The van der Waals surface area contributed by atoms with Gasteiger partial charge in [0.1, 0.15) is 0 Å². The number of likely N-dealkylation sites (N-methyl/N-ethyl adjacent to an activating group) is 1. The number of Topliss-reactive ketones (excluding diaryl/α,β-unsaturated/α-hetero) is 1. The van der Waals surface area contributed by atoms with E-state index in [4.69, 9.17) is 4.74 Å². The van der Waals surface area contributed by atoms with Crippen LogP contribution in [0.4, 0.5) is 5.69 Å². The summed E-state index contributed by atoms with van der Waals surface area (Å²) in [5.74, 6) is 0.190. The van der Waals surface area contributed by atoms with Gasteiger partial charge < -0.3 is 9.64 Å². The second-order valence-corrected chi connectivity index (χ2v) is 5.24. The van der Waals surface area contributed by atoms with Crippen LogP contribution in [0.5, 0.6) is 0 Å². The van der Waals surface area contributed by atoms with Crippen molar-refractivity contribution in [2.75, 3.05) is 18.6 Å². The molecule has 1 fully saturated rings. The average Bonchev–Trinajstić information content (AvgIpc) is 2.99. The van der Waals surface area contributed by atoms with E-state index in [2.05, 4.69) is 0 Å². The molecule has 0 N–H and O–H groups in total. The number of fused-ring (bicyclic) bond motifs is 1. The van der Waals surface area contributed by atoms with Gasteiger partial charge in [-0.25, -0.2) is 0 Å². The molecule has 4 nitrogen and oxygen atoms in total. The molecule has 2 aliphatic heterocycles. The summed E-state index contributed by atoms with van der Waals surface area (Å²) in [6, 6.07) is 5.53. The standard InChI is InChI=1S/C15H17NO3/c1-16-13-5-4-10(7-11(13)8-15(16)18)14(17)9-12-3-2-6-19-12/h4-5,7,12H,2-3,6,8-9H2,1H3.